The number of carbonyl (C=O) groups excluding carboxylic acids is 2. The van der Waals surface area contributed by atoms with Crippen molar-refractivity contribution >= 4 is 11.8 Å². The van der Waals surface area contributed by atoms with E-state index in [4.69, 9.17) is 9.26 Å². The Hall–Kier alpha value is -3.68. The van der Waals surface area contributed by atoms with Crippen molar-refractivity contribution < 1.29 is 18.8 Å². The molecule has 1 aliphatic rings. The monoisotopic (exact) mass is 420 g/mol. The third-order valence-electron chi connectivity index (χ3n) is 5.27. The van der Waals surface area contributed by atoms with Crippen molar-refractivity contribution in [1.82, 2.24) is 20.4 Å². The van der Waals surface area contributed by atoms with Crippen LogP contribution in [0.25, 0.3) is 11.4 Å². The van der Waals surface area contributed by atoms with Crippen LogP contribution in [-0.4, -0.2) is 47.1 Å². The number of hydrogen-bond donors (Lipinski definition) is 1. The molecule has 1 atom stereocenters. The fraction of sp³-hybridized carbons (Fsp3) is 0.304. The Kier molecular flexibility index (Phi) is 6.26. The third-order valence-corrected chi connectivity index (χ3v) is 5.27. The number of likely N-dealkylation sites (tertiary alicyclic amines) is 1. The van der Waals surface area contributed by atoms with Crippen LogP contribution < -0.4 is 10.1 Å². The van der Waals surface area contributed by atoms with E-state index in [0.717, 1.165) is 19.3 Å². The van der Waals surface area contributed by atoms with Crippen molar-refractivity contribution in [2.45, 2.75) is 25.3 Å². The topological polar surface area (TPSA) is 97.6 Å². The van der Waals surface area contributed by atoms with E-state index in [-0.39, 0.29) is 24.5 Å². The Morgan fingerprint density at radius 1 is 1.16 bits per heavy atom. The molecule has 0 radical (unpaired) electrons. The molecule has 2 amide bonds. The van der Waals surface area contributed by atoms with Crippen LogP contribution in [0.3, 0.4) is 0 Å². The second-order valence-corrected chi connectivity index (χ2v) is 7.32. The van der Waals surface area contributed by atoms with E-state index in [1.165, 1.54) is 0 Å². The summed E-state index contributed by atoms with van der Waals surface area (Å²) >= 11 is 0. The van der Waals surface area contributed by atoms with Crippen LogP contribution in [0.1, 0.15) is 41.6 Å². The standard InChI is InChI=1S/C23H24N4O4/c1-24-22(29)17-9-7-8-16(14-17)21-25-23(31-26-21)19-12-5-6-13-27(19)20(28)15-30-18-10-3-2-4-11-18/h2-4,7-11,14,19H,5-6,12-13,15H2,1H3,(H,24,29). The van der Waals surface area contributed by atoms with Crippen LogP contribution in [-0.2, 0) is 4.79 Å². The summed E-state index contributed by atoms with van der Waals surface area (Å²) in [6.07, 6.45) is 2.64. The van der Waals surface area contributed by atoms with E-state index in [1.807, 2.05) is 36.4 Å². The summed E-state index contributed by atoms with van der Waals surface area (Å²) in [6.45, 7) is 0.571. The van der Waals surface area contributed by atoms with Crippen molar-refractivity contribution in [3.05, 3.63) is 66.1 Å². The molecule has 1 aromatic heterocycles. The van der Waals surface area contributed by atoms with E-state index >= 15 is 0 Å². The van der Waals surface area contributed by atoms with Gasteiger partial charge in [-0.05, 0) is 43.5 Å². The second kappa shape index (κ2) is 9.42. The van der Waals surface area contributed by atoms with Crippen molar-refractivity contribution in [3.63, 3.8) is 0 Å². The van der Waals surface area contributed by atoms with Crippen LogP contribution in [0, 0.1) is 0 Å². The average molecular weight is 420 g/mol. The smallest absolute Gasteiger partial charge is 0.261 e. The maximum atomic E-state index is 12.9. The number of nitrogens with zero attached hydrogens (tertiary/aromatic N) is 3. The molecule has 8 nitrogen and oxygen atoms in total. The Labute approximate surface area is 180 Å². The second-order valence-electron chi connectivity index (χ2n) is 7.32. The van der Waals surface area contributed by atoms with Crippen LogP contribution in [0.15, 0.2) is 59.1 Å². The maximum absolute atomic E-state index is 12.9. The number of carbonyl (C=O) groups is 2. The van der Waals surface area contributed by atoms with Crippen molar-refractivity contribution in [1.29, 1.82) is 0 Å². The van der Waals surface area contributed by atoms with Gasteiger partial charge in [-0.25, -0.2) is 0 Å². The van der Waals surface area contributed by atoms with Crippen LogP contribution in [0.2, 0.25) is 0 Å². The molecule has 4 rings (SSSR count). The highest BCUT2D eigenvalue weighted by Gasteiger charge is 2.32. The minimum atomic E-state index is -0.288. The number of benzene rings is 2. The first-order valence-corrected chi connectivity index (χ1v) is 10.3. The number of nitrogens with one attached hydrogen (secondary N) is 1. The molecule has 0 bridgehead atoms. The molecule has 1 aliphatic heterocycles. The number of para-hydroxylation sites is 1. The number of aromatic nitrogens is 2. The molecule has 3 aromatic rings. The van der Waals surface area contributed by atoms with Gasteiger partial charge in [0.1, 0.15) is 11.8 Å². The summed E-state index contributed by atoms with van der Waals surface area (Å²) in [4.78, 5) is 31.0. The molecule has 160 valence electrons. The molecular formula is C23H24N4O4. The van der Waals surface area contributed by atoms with E-state index in [2.05, 4.69) is 15.5 Å². The molecular weight excluding hydrogens is 396 g/mol. The quantitative estimate of drug-likeness (QED) is 0.658. The number of hydrogen-bond acceptors (Lipinski definition) is 6. The SMILES string of the molecule is CNC(=O)c1cccc(-c2noc(C3CCCCN3C(=O)COc3ccccc3)n2)c1. The normalized spacial score (nSPS) is 16.0. The van der Waals surface area contributed by atoms with Gasteiger partial charge in [0.2, 0.25) is 11.7 Å². The van der Waals surface area contributed by atoms with Gasteiger partial charge in [-0.15, -0.1) is 0 Å². The molecule has 1 fully saturated rings. The van der Waals surface area contributed by atoms with Gasteiger partial charge >= 0.3 is 0 Å². The largest absolute Gasteiger partial charge is 0.484 e. The zero-order valence-electron chi connectivity index (χ0n) is 17.3. The number of rotatable bonds is 6. The number of ether oxygens (including phenoxy) is 1. The zero-order valence-corrected chi connectivity index (χ0v) is 17.3. The molecule has 1 saturated heterocycles. The van der Waals surface area contributed by atoms with E-state index < -0.39 is 0 Å². The predicted molar refractivity (Wildman–Crippen MR) is 113 cm³/mol. The Morgan fingerprint density at radius 3 is 2.81 bits per heavy atom. The summed E-state index contributed by atoms with van der Waals surface area (Å²) in [6, 6.07) is 16.0. The summed E-state index contributed by atoms with van der Waals surface area (Å²) in [5.74, 6) is 1.14. The highest BCUT2D eigenvalue weighted by atomic mass is 16.5. The molecule has 8 heteroatoms. The highest BCUT2D eigenvalue weighted by molar-refractivity contribution is 5.95. The molecule has 0 spiro atoms. The molecule has 1 unspecified atom stereocenters. The lowest BCUT2D eigenvalue weighted by molar-refractivity contribution is -0.138. The molecule has 2 aromatic carbocycles. The fourth-order valence-electron chi connectivity index (χ4n) is 3.66. The van der Waals surface area contributed by atoms with E-state index in [1.54, 1.807) is 30.1 Å². The average Bonchev–Trinajstić information content (AvgIpc) is 3.33. The van der Waals surface area contributed by atoms with Gasteiger partial charge in [-0.1, -0.05) is 35.5 Å². The van der Waals surface area contributed by atoms with Crippen molar-refractivity contribution in [3.8, 4) is 17.1 Å². The minimum absolute atomic E-state index is 0.0460. The van der Waals surface area contributed by atoms with Gasteiger partial charge in [0.05, 0.1) is 0 Å². The van der Waals surface area contributed by atoms with Gasteiger partial charge in [-0.2, -0.15) is 4.98 Å². The van der Waals surface area contributed by atoms with Gasteiger partial charge in [0, 0.05) is 24.7 Å². The van der Waals surface area contributed by atoms with E-state index in [9.17, 15) is 9.59 Å². The zero-order chi connectivity index (χ0) is 21.6. The first-order chi connectivity index (χ1) is 15.2. The first-order valence-electron chi connectivity index (χ1n) is 10.3. The van der Waals surface area contributed by atoms with Crippen LogP contribution in [0.4, 0.5) is 0 Å². The summed E-state index contributed by atoms with van der Waals surface area (Å²) in [5, 5.41) is 6.69. The minimum Gasteiger partial charge on any atom is -0.484 e. The predicted octanol–water partition coefficient (Wildman–Crippen LogP) is 3.23. The van der Waals surface area contributed by atoms with Gasteiger partial charge in [-0.3, -0.25) is 9.59 Å². The van der Waals surface area contributed by atoms with Crippen LogP contribution >= 0.6 is 0 Å². The highest BCUT2D eigenvalue weighted by Crippen LogP contribution is 2.31. The Bertz CT molecular complexity index is 1050. The molecule has 0 aliphatic carbocycles. The maximum Gasteiger partial charge on any atom is 0.261 e. The lowest BCUT2D eigenvalue weighted by Crippen LogP contribution is -2.41. The molecule has 31 heavy (non-hydrogen) atoms. The first kappa shape index (κ1) is 20.6. The molecule has 1 N–H and O–H groups in total. The summed E-state index contributed by atoms with van der Waals surface area (Å²) in [5.41, 5.74) is 1.19. The van der Waals surface area contributed by atoms with Gasteiger partial charge < -0.3 is 19.5 Å². The third kappa shape index (κ3) is 4.74. The van der Waals surface area contributed by atoms with Gasteiger partial charge in [0.15, 0.2) is 6.61 Å². The van der Waals surface area contributed by atoms with E-state index in [0.29, 0.717) is 35.1 Å². The van der Waals surface area contributed by atoms with Crippen molar-refractivity contribution in [2.75, 3.05) is 20.2 Å². The van der Waals surface area contributed by atoms with Gasteiger partial charge in [0.25, 0.3) is 11.8 Å². The fourth-order valence-corrected chi connectivity index (χ4v) is 3.66. The Balaban J connectivity index is 1.49. The number of amides is 2. The Morgan fingerprint density at radius 2 is 2.00 bits per heavy atom. The van der Waals surface area contributed by atoms with Crippen LogP contribution in [0.5, 0.6) is 5.75 Å². The summed E-state index contributed by atoms with van der Waals surface area (Å²) < 4.78 is 11.2. The lowest BCUT2D eigenvalue weighted by atomic mass is 10.0. The molecule has 2 heterocycles. The van der Waals surface area contributed by atoms with Crippen molar-refractivity contribution in [2.24, 2.45) is 0 Å². The summed E-state index contributed by atoms with van der Waals surface area (Å²) in [7, 11) is 1.58. The molecule has 0 saturated carbocycles. The lowest BCUT2D eigenvalue weighted by Gasteiger charge is -2.33. The number of piperidine rings is 1.